The van der Waals surface area contributed by atoms with Crippen molar-refractivity contribution < 1.29 is 19.2 Å². The quantitative estimate of drug-likeness (QED) is 0.345. The van der Waals surface area contributed by atoms with Crippen LogP contribution in [0.25, 0.3) is 10.9 Å². The molecule has 1 heterocycles. The van der Waals surface area contributed by atoms with Crippen molar-refractivity contribution in [1.82, 2.24) is 9.97 Å². The van der Waals surface area contributed by atoms with Gasteiger partial charge in [-0.05, 0) is 25.1 Å². The lowest BCUT2D eigenvalue weighted by atomic mass is 10.2. The summed E-state index contributed by atoms with van der Waals surface area (Å²) in [4.78, 5) is 53.2. The molecule has 0 bridgehead atoms. The van der Waals surface area contributed by atoms with Gasteiger partial charge in [-0.15, -0.1) is 0 Å². The van der Waals surface area contributed by atoms with Crippen LogP contribution in [-0.2, 0) is 20.7 Å². The predicted molar refractivity (Wildman–Crippen MR) is 108 cm³/mol. The van der Waals surface area contributed by atoms with Gasteiger partial charge < -0.3 is 15.0 Å². The zero-order valence-corrected chi connectivity index (χ0v) is 16.0. The van der Waals surface area contributed by atoms with Crippen molar-refractivity contribution >= 4 is 34.2 Å². The molecule has 0 radical (unpaired) electrons. The van der Waals surface area contributed by atoms with Gasteiger partial charge in [0.15, 0.2) is 6.61 Å². The van der Waals surface area contributed by atoms with Gasteiger partial charge in [-0.2, -0.15) is 0 Å². The van der Waals surface area contributed by atoms with Crippen LogP contribution in [-0.4, -0.2) is 33.4 Å². The Labute approximate surface area is 170 Å². The second kappa shape index (κ2) is 8.95. The van der Waals surface area contributed by atoms with Gasteiger partial charge in [-0.3, -0.25) is 24.5 Å². The molecule has 0 unspecified atom stereocenters. The first-order chi connectivity index (χ1) is 14.3. The van der Waals surface area contributed by atoms with E-state index < -0.39 is 23.4 Å². The van der Waals surface area contributed by atoms with Gasteiger partial charge in [0.25, 0.3) is 17.2 Å². The Morgan fingerprint density at radius 2 is 2.00 bits per heavy atom. The third-order valence-corrected chi connectivity index (χ3v) is 4.28. The number of nitro groups is 1. The van der Waals surface area contributed by atoms with E-state index in [1.165, 1.54) is 18.2 Å². The lowest BCUT2D eigenvalue weighted by Gasteiger charge is -2.07. The first-order valence-electron chi connectivity index (χ1n) is 9.02. The Hall–Kier alpha value is -4.08. The molecule has 10 nitrogen and oxygen atoms in total. The maximum Gasteiger partial charge on any atom is 0.306 e. The fourth-order valence-electron chi connectivity index (χ4n) is 2.77. The SMILES string of the molecule is Cc1ccc(NC(=O)COC(=O)CCc2nc3ccccc3c(=O)[nH]2)cc1[N+](=O)[O-]. The highest BCUT2D eigenvalue weighted by atomic mass is 16.6. The summed E-state index contributed by atoms with van der Waals surface area (Å²) < 4.78 is 4.91. The zero-order chi connectivity index (χ0) is 21.7. The van der Waals surface area contributed by atoms with Gasteiger partial charge in [-0.1, -0.05) is 18.2 Å². The van der Waals surface area contributed by atoms with Crippen LogP contribution in [0.4, 0.5) is 11.4 Å². The van der Waals surface area contributed by atoms with E-state index in [4.69, 9.17) is 4.74 Å². The van der Waals surface area contributed by atoms with Crippen molar-refractivity contribution in [3.63, 3.8) is 0 Å². The molecule has 0 saturated carbocycles. The number of hydrogen-bond donors (Lipinski definition) is 2. The van der Waals surface area contributed by atoms with Crippen molar-refractivity contribution in [2.75, 3.05) is 11.9 Å². The van der Waals surface area contributed by atoms with E-state index in [0.717, 1.165) is 0 Å². The number of nitrogens with one attached hydrogen (secondary N) is 2. The number of nitro benzene ring substituents is 1. The van der Waals surface area contributed by atoms with Gasteiger partial charge in [0.05, 0.1) is 22.2 Å². The van der Waals surface area contributed by atoms with Gasteiger partial charge in [-0.25, -0.2) is 4.98 Å². The number of esters is 1. The summed E-state index contributed by atoms with van der Waals surface area (Å²) >= 11 is 0. The number of anilines is 1. The second-order valence-corrected chi connectivity index (χ2v) is 6.50. The number of rotatable bonds is 7. The number of carbonyl (C=O) groups excluding carboxylic acids is 2. The second-order valence-electron chi connectivity index (χ2n) is 6.50. The maximum atomic E-state index is 12.0. The molecule has 1 aromatic heterocycles. The minimum atomic E-state index is -0.643. The van der Waals surface area contributed by atoms with Crippen LogP contribution in [0.2, 0.25) is 0 Å². The van der Waals surface area contributed by atoms with E-state index in [1.54, 1.807) is 31.2 Å². The third-order valence-electron chi connectivity index (χ3n) is 4.28. The number of aromatic amines is 1. The summed E-state index contributed by atoms with van der Waals surface area (Å²) in [5, 5.41) is 13.8. The summed E-state index contributed by atoms with van der Waals surface area (Å²) in [5.41, 5.74) is 0.796. The Morgan fingerprint density at radius 1 is 1.23 bits per heavy atom. The van der Waals surface area contributed by atoms with Crippen LogP contribution in [0.5, 0.6) is 0 Å². The highest BCUT2D eigenvalue weighted by Crippen LogP contribution is 2.22. The normalized spacial score (nSPS) is 10.6. The Kier molecular flexibility index (Phi) is 6.16. The topological polar surface area (TPSA) is 144 Å². The van der Waals surface area contributed by atoms with E-state index >= 15 is 0 Å². The highest BCUT2D eigenvalue weighted by Gasteiger charge is 2.14. The molecule has 154 valence electrons. The van der Waals surface area contributed by atoms with Crippen LogP contribution in [0.15, 0.2) is 47.3 Å². The molecule has 0 spiro atoms. The van der Waals surface area contributed by atoms with E-state index in [2.05, 4.69) is 15.3 Å². The lowest BCUT2D eigenvalue weighted by Crippen LogP contribution is -2.21. The number of carbonyl (C=O) groups is 2. The average molecular weight is 410 g/mol. The summed E-state index contributed by atoms with van der Waals surface area (Å²) in [7, 11) is 0. The van der Waals surface area contributed by atoms with Crippen molar-refractivity contribution in [2.24, 2.45) is 0 Å². The van der Waals surface area contributed by atoms with Crippen molar-refractivity contribution in [2.45, 2.75) is 19.8 Å². The molecule has 0 saturated heterocycles. The van der Waals surface area contributed by atoms with Crippen LogP contribution in [0, 0.1) is 17.0 Å². The summed E-state index contributed by atoms with van der Waals surface area (Å²) in [5.74, 6) is -0.929. The molecule has 0 aliphatic heterocycles. The Morgan fingerprint density at radius 3 is 2.77 bits per heavy atom. The van der Waals surface area contributed by atoms with Gasteiger partial charge in [0.1, 0.15) is 5.82 Å². The van der Waals surface area contributed by atoms with Crippen LogP contribution in [0.1, 0.15) is 17.8 Å². The molecule has 3 aromatic rings. The van der Waals surface area contributed by atoms with Crippen molar-refractivity contribution in [3.05, 3.63) is 74.3 Å². The van der Waals surface area contributed by atoms with Crippen molar-refractivity contribution in [3.8, 4) is 0 Å². The Bertz CT molecular complexity index is 1190. The number of ether oxygens (including phenoxy) is 1. The molecular formula is C20H18N4O6. The summed E-state index contributed by atoms with van der Waals surface area (Å²) in [6.07, 6.45) is 0.0647. The van der Waals surface area contributed by atoms with E-state index in [9.17, 15) is 24.5 Å². The largest absolute Gasteiger partial charge is 0.456 e. The number of fused-ring (bicyclic) bond motifs is 1. The fraction of sp³-hybridized carbons (Fsp3) is 0.200. The number of para-hydroxylation sites is 1. The number of amides is 1. The molecular weight excluding hydrogens is 392 g/mol. The van der Waals surface area contributed by atoms with E-state index in [-0.39, 0.29) is 29.8 Å². The van der Waals surface area contributed by atoms with Crippen LogP contribution in [0.3, 0.4) is 0 Å². The molecule has 0 aliphatic rings. The predicted octanol–water partition coefficient (Wildman–Crippen LogP) is 2.25. The smallest absolute Gasteiger partial charge is 0.306 e. The van der Waals surface area contributed by atoms with Gasteiger partial charge in [0, 0.05) is 23.7 Å². The molecule has 3 rings (SSSR count). The minimum absolute atomic E-state index is 0.0788. The lowest BCUT2D eigenvalue weighted by molar-refractivity contribution is -0.385. The van der Waals surface area contributed by atoms with Gasteiger partial charge in [0.2, 0.25) is 0 Å². The first-order valence-corrected chi connectivity index (χ1v) is 9.02. The monoisotopic (exact) mass is 410 g/mol. The molecule has 0 aliphatic carbocycles. The molecule has 1 amide bonds. The van der Waals surface area contributed by atoms with E-state index in [1.807, 2.05) is 0 Å². The van der Waals surface area contributed by atoms with Crippen LogP contribution >= 0.6 is 0 Å². The average Bonchev–Trinajstić information content (AvgIpc) is 2.72. The van der Waals surface area contributed by atoms with Crippen molar-refractivity contribution in [1.29, 1.82) is 0 Å². The van der Waals surface area contributed by atoms with E-state index in [0.29, 0.717) is 22.3 Å². The standard InChI is InChI=1S/C20H18N4O6/c1-12-6-7-13(10-16(12)24(28)29)21-18(25)11-30-19(26)9-8-17-22-15-5-3-2-4-14(15)20(27)23-17/h2-7,10H,8-9,11H2,1H3,(H,21,25)(H,22,23,27). The first kappa shape index (κ1) is 20.6. The molecule has 30 heavy (non-hydrogen) atoms. The molecule has 2 N–H and O–H groups in total. The summed E-state index contributed by atoms with van der Waals surface area (Å²) in [6.45, 7) is 1.05. The number of aryl methyl sites for hydroxylation is 2. The number of benzene rings is 2. The molecule has 10 heteroatoms. The third kappa shape index (κ3) is 5.04. The number of H-pyrrole nitrogens is 1. The number of nitrogens with zero attached hydrogens (tertiary/aromatic N) is 2. The zero-order valence-electron chi connectivity index (χ0n) is 16.0. The minimum Gasteiger partial charge on any atom is -0.456 e. The molecule has 0 atom stereocenters. The summed E-state index contributed by atoms with van der Waals surface area (Å²) in [6, 6.07) is 11.1. The number of aromatic nitrogens is 2. The maximum absolute atomic E-state index is 12.0. The molecule has 2 aromatic carbocycles. The van der Waals surface area contributed by atoms with Crippen LogP contribution < -0.4 is 10.9 Å². The van der Waals surface area contributed by atoms with Gasteiger partial charge >= 0.3 is 5.97 Å². The highest BCUT2D eigenvalue weighted by molar-refractivity contribution is 5.93. The fourth-order valence-corrected chi connectivity index (χ4v) is 2.77. The molecule has 0 fully saturated rings. The number of hydrogen-bond acceptors (Lipinski definition) is 7. The Balaban J connectivity index is 1.51.